The molecule has 1 aliphatic rings. The number of fused-ring (bicyclic) bond motifs is 1. The monoisotopic (exact) mass is 631 g/mol. The minimum absolute atomic E-state index is 0.0000105. The lowest BCUT2D eigenvalue weighted by Crippen LogP contribution is -2.30. The van der Waals surface area contributed by atoms with Gasteiger partial charge in [-0.1, -0.05) is 37.4 Å². The molecule has 4 aromatic rings. The maximum atomic E-state index is 11.8. The number of benzene rings is 4. The number of anilines is 3. The molecule has 0 saturated carbocycles. The Kier molecular flexibility index (Phi) is 10.8. The highest BCUT2D eigenvalue weighted by molar-refractivity contribution is 5.87. The predicted octanol–water partition coefficient (Wildman–Crippen LogP) is 8.62. The number of rotatable bonds is 13. The Morgan fingerprint density at radius 2 is 1.47 bits per heavy atom. The Hall–Kier alpha value is -5.30. The van der Waals surface area contributed by atoms with Crippen molar-refractivity contribution in [2.75, 3.05) is 25.2 Å². The van der Waals surface area contributed by atoms with Crippen LogP contribution in [0.25, 0.3) is 11.1 Å². The normalized spacial score (nSPS) is 12.7. The SMILES string of the molecule is C=CC(=O)OC(COC(=O)C(=C)C)COc1ccc(-c2ccc(N(c3ccc(OC)cc3)c3ccc4c(c3)CCCC4)cc2C)cc1. The number of esters is 2. The zero-order valence-corrected chi connectivity index (χ0v) is 27.3. The summed E-state index contributed by atoms with van der Waals surface area (Å²) >= 11 is 0. The third kappa shape index (κ3) is 8.30. The summed E-state index contributed by atoms with van der Waals surface area (Å²) in [6.07, 6.45) is 4.98. The minimum Gasteiger partial charge on any atom is -0.497 e. The molecule has 0 amide bonds. The number of aryl methyl sites for hydroxylation is 3. The van der Waals surface area contributed by atoms with Gasteiger partial charge in [0.25, 0.3) is 0 Å². The highest BCUT2D eigenvalue weighted by Crippen LogP contribution is 2.39. The molecule has 0 radical (unpaired) electrons. The van der Waals surface area contributed by atoms with Gasteiger partial charge in [0.05, 0.1) is 7.11 Å². The first kappa shape index (κ1) is 33.1. The standard InChI is InChI=1S/C40H41NO6/c1-6-39(42)47-37(26-46-40(43)27(2)3)25-45-36-18-12-30(13-19-36)38-22-17-33(23-28(38)4)41(32-15-20-35(44-5)21-16-32)34-14-11-29-9-7-8-10-31(29)24-34/h6,11-24,37H,1-2,7-10,25-26H2,3-5H3. The molecule has 1 aliphatic carbocycles. The van der Waals surface area contributed by atoms with E-state index >= 15 is 0 Å². The van der Waals surface area contributed by atoms with Gasteiger partial charge in [-0.05, 0) is 128 Å². The lowest BCUT2D eigenvalue weighted by atomic mass is 9.91. The van der Waals surface area contributed by atoms with E-state index in [1.54, 1.807) is 14.0 Å². The van der Waals surface area contributed by atoms with Crippen molar-refractivity contribution in [3.8, 4) is 22.6 Å². The molecule has 0 aromatic heterocycles. The Balaban J connectivity index is 1.35. The van der Waals surface area contributed by atoms with Gasteiger partial charge in [-0.2, -0.15) is 0 Å². The summed E-state index contributed by atoms with van der Waals surface area (Å²) in [6, 6.07) is 29.3. The second-order valence-corrected chi connectivity index (χ2v) is 11.7. The second kappa shape index (κ2) is 15.3. The second-order valence-electron chi connectivity index (χ2n) is 11.7. The van der Waals surface area contributed by atoms with E-state index in [0.717, 1.165) is 58.4 Å². The zero-order chi connectivity index (χ0) is 33.3. The average molecular weight is 632 g/mol. The number of ether oxygens (including phenoxy) is 4. The number of methoxy groups -OCH3 is 1. The Morgan fingerprint density at radius 1 is 0.830 bits per heavy atom. The van der Waals surface area contributed by atoms with Gasteiger partial charge in [0.15, 0.2) is 6.10 Å². The molecular formula is C40H41NO6. The molecule has 1 atom stereocenters. The third-order valence-corrected chi connectivity index (χ3v) is 8.19. The van der Waals surface area contributed by atoms with E-state index in [4.69, 9.17) is 18.9 Å². The molecule has 0 spiro atoms. The molecule has 47 heavy (non-hydrogen) atoms. The van der Waals surface area contributed by atoms with E-state index in [9.17, 15) is 9.59 Å². The van der Waals surface area contributed by atoms with Crippen molar-refractivity contribution >= 4 is 29.0 Å². The first-order valence-electron chi connectivity index (χ1n) is 15.8. The van der Waals surface area contributed by atoms with E-state index in [0.29, 0.717) is 5.75 Å². The van der Waals surface area contributed by atoms with Crippen LogP contribution in [0, 0.1) is 6.92 Å². The summed E-state index contributed by atoms with van der Waals surface area (Å²) in [5.41, 5.74) is 9.67. The maximum Gasteiger partial charge on any atom is 0.333 e. The van der Waals surface area contributed by atoms with Crippen LogP contribution in [0.3, 0.4) is 0 Å². The van der Waals surface area contributed by atoms with Crippen molar-refractivity contribution in [3.05, 3.63) is 126 Å². The molecule has 5 rings (SSSR count). The van der Waals surface area contributed by atoms with E-state index in [2.05, 4.69) is 73.5 Å². The van der Waals surface area contributed by atoms with Gasteiger partial charge in [0, 0.05) is 28.7 Å². The summed E-state index contributed by atoms with van der Waals surface area (Å²) < 4.78 is 21.8. The van der Waals surface area contributed by atoms with Gasteiger partial charge >= 0.3 is 11.9 Å². The van der Waals surface area contributed by atoms with Crippen LogP contribution in [-0.4, -0.2) is 38.4 Å². The van der Waals surface area contributed by atoms with Gasteiger partial charge in [0.1, 0.15) is 24.7 Å². The highest BCUT2D eigenvalue weighted by atomic mass is 16.6. The van der Waals surface area contributed by atoms with Gasteiger partial charge < -0.3 is 23.8 Å². The van der Waals surface area contributed by atoms with Gasteiger partial charge in [0.2, 0.25) is 0 Å². The lowest BCUT2D eigenvalue weighted by molar-refractivity contribution is -0.154. The smallest absolute Gasteiger partial charge is 0.333 e. The molecule has 4 aromatic carbocycles. The van der Waals surface area contributed by atoms with Crippen LogP contribution < -0.4 is 14.4 Å². The number of nitrogens with zero attached hydrogens (tertiary/aromatic N) is 1. The van der Waals surface area contributed by atoms with Crippen LogP contribution in [0.15, 0.2) is 110 Å². The molecular weight excluding hydrogens is 590 g/mol. The summed E-state index contributed by atoms with van der Waals surface area (Å²) in [5, 5.41) is 0. The first-order chi connectivity index (χ1) is 22.7. The van der Waals surface area contributed by atoms with E-state index in [-0.39, 0.29) is 18.8 Å². The Labute approximate surface area is 277 Å². The van der Waals surface area contributed by atoms with Crippen molar-refractivity contribution in [1.29, 1.82) is 0 Å². The van der Waals surface area contributed by atoms with Crippen molar-refractivity contribution in [1.82, 2.24) is 0 Å². The fourth-order valence-electron chi connectivity index (χ4n) is 5.69. The summed E-state index contributed by atoms with van der Waals surface area (Å²) in [4.78, 5) is 25.9. The van der Waals surface area contributed by atoms with E-state index < -0.39 is 18.0 Å². The Morgan fingerprint density at radius 3 is 2.13 bits per heavy atom. The molecule has 7 nitrogen and oxygen atoms in total. The largest absolute Gasteiger partial charge is 0.497 e. The molecule has 0 fully saturated rings. The third-order valence-electron chi connectivity index (χ3n) is 8.19. The van der Waals surface area contributed by atoms with Crippen LogP contribution >= 0.6 is 0 Å². The molecule has 1 unspecified atom stereocenters. The lowest BCUT2D eigenvalue weighted by Gasteiger charge is -2.28. The van der Waals surface area contributed by atoms with Crippen LogP contribution in [0.5, 0.6) is 11.5 Å². The van der Waals surface area contributed by atoms with Crippen LogP contribution in [0.2, 0.25) is 0 Å². The maximum absolute atomic E-state index is 11.8. The number of hydrogen-bond acceptors (Lipinski definition) is 7. The quantitative estimate of drug-likeness (QED) is 0.108. The summed E-state index contributed by atoms with van der Waals surface area (Å²) in [7, 11) is 1.68. The topological polar surface area (TPSA) is 74.3 Å². The molecule has 0 heterocycles. The van der Waals surface area contributed by atoms with Crippen LogP contribution in [-0.2, 0) is 31.9 Å². The fraction of sp³-hybridized carbons (Fsp3) is 0.250. The van der Waals surface area contributed by atoms with Crippen molar-refractivity contribution in [3.63, 3.8) is 0 Å². The van der Waals surface area contributed by atoms with E-state index in [1.807, 2.05) is 36.4 Å². The number of hydrogen-bond donors (Lipinski definition) is 0. The first-order valence-corrected chi connectivity index (χ1v) is 15.8. The molecule has 0 bridgehead atoms. The van der Waals surface area contributed by atoms with Crippen LogP contribution in [0.1, 0.15) is 36.5 Å². The van der Waals surface area contributed by atoms with Gasteiger partial charge in [-0.3, -0.25) is 0 Å². The number of carbonyl (C=O) groups excluding carboxylic acids is 2. The van der Waals surface area contributed by atoms with Crippen molar-refractivity contribution in [2.24, 2.45) is 0 Å². The molecule has 0 N–H and O–H groups in total. The molecule has 242 valence electrons. The predicted molar refractivity (Wildman–Crippen MR) is 186 cm³/mol. The number of carbonyl (C=O) groups is 2. The van der Waals surface area contributed by atoms with Crippen LogP contribution in [0.4, 0.5) is 17.1 Å². The molecule has 0 aliphatic heterocycles. The van der Waals surface area contributed by atoms with Crippen molar-refractivity contribution < 1.29 is 28.5 Å². The zero-order valence-electron chi connectivity index (χ0n) is 27.3. The molecule has 7 heteroatoms. The minimum atomic E-state index is -0.804. The summed E-state index contributed by atoms with van der Waals surface area (Å²) in [5.74, 6) is 0.214. The Bertz CT molecular complexity index is 1740. The van der Waals surface area contributed by atoms with Gasteiger partial charge in [-0.15, -0.1) is 0 Å². The summed E-state index contributed by atoms with van der Waals surface area (Å²) in [6.45, 7) is 10.5. The average Bonchev–Trinajstić information content (AvgIpc) is 3.10. The van der Waals surface area contributed by atoms with Gasteiger partial charge in [-0.25, -0.2) is 9.59 Å². The molecule has 0 saturated heterocycles. The van der Waals surface area contributed by atoms with Crippen molar-refractivity contribution in [2.45, 2.75) is 45.6 Å². The fourth-order valence-corrected chi connectivity index (χ4v) is 5.69. The van der Waals surface area contributed by atoms with E-state index in [1.165, 1.54) is 24.0 Å². The highest BCUT2D eigenvalue weighted by Gasteiger charge is 2.19.